The molecule has 3 N–H and O–H groups in total. The molecule has 1 saturated carbocycles. The van der Waals surface area contributed by atoms with E-state index >= 15 is 0 Å². The average molecular weight is 157 g/mol. The molecular weight excluding hydrogens is 142 g/mol. The van der Waals surface area contributed by atoms with Gasteiger partial charge in [-0.1, -0.05) is 13.8 Å². The van der Waals surface area contributed by atoms with E-state index in [1.807, 2.05) is 0 Å². The maximum atomic E-state index is 10.3. The van der Waals surface area contributed by atoms with Crippen molar-refractivity contribution in [1.82, 2.24) is 0 Å². The lowest BCUT2D eigenvalue weighted by Crippen LogP contribution is -2.30. The fraction of sp³-hybridized carbons (Fsp3) is 0.875. The van der Waals surface area contributed by atoms with Gasteiger partial charge in [0.1, 0.15) is 6.04 Å². The van der Waals surface area contributed by atoms with Gasteiger partial charge in [0, 0.05) is 0 Å². The summed E-state index contributed by atoms with van der Waals surface area (Å²) in [6.45, 7) is 4.29. The molecule has 2 atom stereocenters. The Morgan fingerprint density at radius 3 is 2.55 bits per heavy atom. The second-order valence-corrected chi connectivity index (χ2v) is 4.07. The van der Waals surface area contributed by atoms with Crippen molar-refractivity contribution in [2.24, 2.45) is 17.1 Å². The van der Waals surface area contributed by atoms with Crippen LogP contribution in [0.4, 0.5) is 0 Å². The van der Waals surface area contributed by atoms with Crippen molar-refractivity contribution < 1.29 is 9.90 Å². The molecule has 0 aromatic rings. The third-order valence-corrected chi connectivity index (χ3v) is 2.57. The summed E-state index contributed by atoms with van der Waals surface area (Å²) in [5.74, 6) is -0.360. The van der Waals surface area contributed by atoms with E-state index in [9.17, 15) is 4.79 Å². The molecule has 1 fully saturated rings. The highest BCUT2D eigenvalue weighted by Gasteiger charge is 2.46. The smallest absolute Gasteiger partial charge is 0.320 e. The van der Waals surface area contributed by atoms with E-state index in [2.05, 4.69) is 13.8 Å². The first kappa shape index (κ1) is 8.53. The highest BCUT2D eigenvalue weighted by atomic mass is 16.4. The molecular formula is C8H15NO2. The summed E-state index contributed by atoms with van der Waals surface area (Å²) in [5.41, 5.74) is 5.72. The number of hydrogen-bond acceptors (Lipinski definition) is 2. The number of carbonyl (C=O) groups is 1. The predicted molar refractivity (Wildman–Crippen MR) is 42.1 cm³/mol. The van der Waals surface area contributed by atoms with Gasteiger partial charge in [-0.05, 0) is 24.2 Å². The molecule has 0 spiro atoms. The van der Waals surface area contributed by atoms with E-state index < -0.39 is 12.0 Å². The average Bonchev–Trinajstić information content (AvgIpc) is 2.39. The fourth-order valence-electron chi connectivity index (χ4n) is 1.39. The van der Waals surface area contributed by atoms with Crippen LogP contribution < -0.4 is 5.73 Å². The van der Waals surface area contributed by atoms with Crippen molar-refractivity contribution in [2.75, 3.05) is 0 Å². The third kappa shape index (κ3) is 1.93. The van der Waals surface area contributed by atoms with Crippen molar-refractivity contribution in [3.8, 4) is 0 Å². The Bertz CT molecular complexity index is 177. The highest BCUT2D eigenvalue weighted by molar-refractivity contribution is 5.73. The van der Waals surface area contributed by atoms with Gasteiger partial charge in [-0.15, -0.1) is 0 Å². The first-order valence-electron chi connectivity index (χ1n) is 3.92. The molecule has 3 nitrogen and oxygen atoms in total. The quantitative estimate of drug-likeness (QED) is 0.638. The monoisotopic (exact) mass is 157 g/mol. The molecule has 11 heavy (non-hydrogen) atoms. The van der Waals surface area contributed by atoms with Crippen LogP contribution in [0.25, 0.3) is 0 Å². The molecule has 1 aliphatic rings. The van der Waals surface area contributed by atoms with E-state index in [1.54, 1.807) is 0 Å². The van der Waals surface area contributed by atoms with Crippen LogP contribution in [-0.2, 0) is 4.79 Å². The van der Waals surface area contributed by atoms with Crippen LogP contribution >= 0.6 is 0 Å². The number of aliphatic carboxylic acids is 1. The van der Waals surface area contributed by atoms with Crippen LogP contribution in [0.3, 0.4) is 0 Å². The van der Waals surface area contributed by atoms with Crippen molar-refractivity contribution in [3.05, 3.63) is 0 Å². The van der Waals surface area contributed by atoms with Crippen LogP contribution in [-0.4, -0.2) is 17.1 Å². The van der Waals surface area contributed by atoms with Gasteiger partial charge in [0.15, 0.2) is 0 Å². The Hall–Kier alpha value is -0.570. The molecule has 0 heterocycles. The molecule has 0 saturated heterocycles. The summed E-state index contributed by atoms with van der Waals surface area (Å²) in [6.07, 6.45) is 1.75. The van der Waals surface area contributed by atoms with Gasteiger partial charge < -0.3 is 10.8 Å². The Kier molecular flexibility index (Phi) is 1.92. The molecule has 1 aliphatic carbocycles. The number of hydrogen-bond donors (Lipinski definition) is 2. The van der Waals surface area contributed by atoms with Gasteiger partial charge in [0.25, 0.3) is 0 Å². The Labute approximate surface area is 66.6 Å². The van der Waals surface area contributed by atoms with Crippen molar-refractivity contribution >= 4 is 5.97 Å². The normalized spacial score (nSPS) is 29.5. The fourth-order valence-corrected chi connectivity index (χ4v) is 1.39. The second kappa shape index (κ2) is 2.48. The molecule has 1 unspecified atom stereocenters. The van der Waals surface area contributed by atoms with Crippen LogP contribution in [0, 0.1) is 11.3 Å². The van der Waals surface area contributed by atoms with Gasteiger partial charge in [-0.25, -0.2) is 0 Å². The van der Waals surface area contributed by atoms with Crippen LogP contribution in [0.15, 0.2) is 0 Å². The number of carboxylic acids is 1. The minimum Gasteiger partial charge on any atom is -0.480 e. The zero-order valence-electron chi connectivity index (χ0n) is 7.00. The molecule has 0 bridgehead atoms. The van der Waals surface area contributed by atoms with E-state index in [1.165, 1.54) is 0 Å². The maximum absolute atomic E-state index is 10.3. The Morgan fingerprint density at radius 2 is 2.27 bits per heavy atom. The minimum atomic E-state index is -0.882. The molecule has 0 radical (unpaired) electrons. The summed E-state index contributed by atoms with van der Waals surface area (Å²) in [6, 6.07) is -0.665. The Balaban J connectivity index is 2.29. The molecule has 0 aromatic carbocycles. The topological polar surface area (TPSA) is 63.3 Å². The molecule has 3 heteroatoms. The van der Waals surface area contributed by atoms with Gasteiger partial charge in [0.05, 0.1) is 0 Å². The third-order valence-electron chi connectivity index (χ3n) is 2.57. The number of carboxylic acid groups (broad SMARTS) is 1. The zero-order chi connectivity index (χ0) is 8.65. The number of rotatable bonds is 3. The lowest BCUT2D eigenvalue weighted by Gasteiger charge is -2.06. The predicted octanol–water partition coefficient (Wildman–Crippen LogP) is 0.834. The van der Waals surface area contributed by atoms with Crippen LogP contribution in [0.5, 0.6) is 0 Å². The first-order valence-corrected chi connectivity index (χ1v) is 3.92. The van der Waals surface area contributed by atoms with Crippen molar-refractivity contribution in [3.63, 3.8) is 0 Å². The summed E-state index contributed by atoms with van der Waals surface area (Å²) in [5, 5.41) is 8.50. The lowest BCUT2D eigenvalue weighted by molar-refractivity contribution is -0.138. The van der Waals surface area contributed by atoms with Crippen molar-refractivity contribution in [1.29, 1.82) is 0 Å². The minimum absolute atomic E-state index is 0.340. The summed E-state index contributed by atoms with van der Waals surface area (Å²) >= 11 is 0. The largest absolute Gasteiger partial charge is 0.480 e. The SMILES string of the molecule is CC1(C)CC1C[C@H](N)C(=O)O. The van der Waals surface area contributed by atoms with Crippen molar-refractivity contribution in [2.45, 2.75) is 32.7 Å². The van der Waals surface area contributed by atoms with Gasteiger partial charge in [-0.2, -0.15) is 0 Å². The standard InChI is InChI=1S/C8H15NO2/c1-8(2)4-5(8)3-6(9)7(10)11/h5-6H,3-4,9H2,1-2H3,(H,10,11)/t5?,6-/m0/s1. The molecule has 1 rings (SSSR count). The molecule has 64 valence electrons. The lowest BCUT2D eigenvalue weighted by atomic mass is 10.0. The highest BCUT2D eigenvalue weighted by Crippen LogP contribution is 2.53. The zero-order valence-corrected chi connectivity index (χ0v) is 7.00. The van der Waals surface area contributed by atoms with Crippen LogP contribution in [0.1, 0.15) is 26.7 Å². The van der Waals surface area contributed by atoms with Gasteiger partial charge >= 0.3 is 5.97 Å². The summed E-state index contributed by atoms with van der Waals surface area (Å²) in [7, 11) is 0. The number of nitrogens with two attached hydrogens (primary N) is 1. The Morgan fingerprint density at radius 1 is 1.82 bits per heavy atom. The van der Waals surface area contributed by atoms with Gasteiger partial charge in [-0.3, -0.25) is 4.79 Å². The summed E-state index contributed by atoms with van der Waals surface area (Å²) < 4.78 is 0. The first-order chi connectivity index (χ1) is 4.93. The summed E-state index contributed by atoms with van der Waals surface area (Å²) in [4.78, 5) is 10.3. The van der Waals surface area contributed by atoms with E-state index in [0.29, 0.717) is 17.8 Å². The molecule has 0 aromatic heterocycles. The molecule has 0 amide bonds. The maximum Gasteiger partial charge on any atom is 0.320 e. The van der Waals surface area contributed by atoms with E-state index in [-0.39, 0.29) is 0 Å². The van der Waals surface area contributed by atoms with Gasteiger partial charge in [0.2, 0.25) is 0 Å². The van der Waals surface area contributed by atoms with E-state index in [0.717, 1.165) is 6.42 Å². The van der Waals surface area contributed by atoms with E-state index in [4.69, 9.17) is 10.8 Å². The van der Waals surface area contributed by atoms with Crippen LogP contribution in [0.2, 0.25) is 0 Å². The second-order valence-electron chi connectivity index (χ2n) is 4.07. The molecule has 0 aliphatic heterocycles.